The monoisotopic (exact) mass is 965 g/mol. The highest BCUT2D eigenvalue weighted by molar-refractivity contribution is 5.71. The number of esters is 3. The van der Waals surface area contributed by atoms with Gasteiger partial charge in [-0.25, -0.2) is 0 Å². The van der Waals surface area contributed by atoms with E-state index in [1.807, 2.05) is 0 Å². The maximum Gasteiger partial charge on any atom is 0.306 e. The molecule has 0 saturated heterocycles. The van der Waals surface area contributed by atoms with Crippen molar-refractivity contribution in [1.29, 1.82) is 0 Å². The first-order valence-electron chi connectivity index (χ1n) is 29.8. The summed E-state index contributed by atoms with van der Waals surface area (Å²) in [6.45, 7) is 6.58. The minimum Gasteiger partial charge on any atom is -0.462 e. The highest BCUT2D eigenvalue weighted by atomic mass is 16.6. The molecule has 6 nitrogen and oxygen atoms in total. The lowest BCUT2D eigenvalue weighted by atomic mass is 10.0. The van der Waals surface area contributed by atoms with Gasteiger partial charge in [-0.15, -0.1) is 0 Å². The number of hydrogen-bond acceptors (Lipinski definition) is 6. The second kappa shape index (κ2) is 57.7. The number of carbonyl (C=O) groups is 3. The normalized spacial score (nSPS) is 12.4. The molecule has 0 heterocycles. The van der Waals surface area contributed by atoms with Crippen LogP contribution in [0.15, 0.2) is 60.8 Å². The largest absolute Gasteiger partial charge is 0.462 e. The zero-order valence-corrected chi connectivity index (χ0v) is 45.8. The first-order valence-corrected chi connectivity index (χ1v) is 29.8. The van der Waals surface area contributed by atoms with Crippen LogP contribution in [0.1, 0.15) is 303 Å². The van der Waals surface area contributed by atoms with Gasteiger partial charge in [-0.05, 0) is 103 Å². The van der Waals surface area contributed by atoms with Crippen molar-refractivity contribution in [2.75, 3.05) is 13.2 Å². The summed E-state index contributed by atoms with van der Waals surface area (Å²) in [5.41, 5.74) is 0. The molecule has 0 N–H and O–H groups in total. The molecule has 1 unspecified atom stereocenters. The summed E-state index contributed by atoms with van der Waals surface area (Å²) in [5, 5.41) is 0. The van der Waals surface area contributed by atoms with Crippen molar-refractivity contribution in [3.63, 3.8) is 0 Å². The molecule has 0 bridgehead atoms. The van der Waals surface area contributed by atoms with Crippen molar-refractivity contribution < 1.29 is 28.6 Å². The summed E-state index contributed by atoms with van der Waals surface area (Å²) in [5.74, 6) is -0.896. The standard InChI is InChI=1S/C63H112O6/c1-4-7-10-13-16-19-22-25-28-29-30-31-32-33-34-35-36-39-41-44-47-50-53-56-62(65)68-59-60(69-63(66)57-54-51-48-45-42-38-27-24-21-18-15-12-9-6-3)58-67-61(64)55-52-49-46-43-40-37-26-23-20-17-14-11-8-5-2/h15,18,22-27,29-30,60H,4-14,16-17,19-21,28,31-59H2,1-3H3/b18-15-,25-22-,26-23-,27-24-,30-29-. The van der Waals surface area contributed by atoms with Gasteiger partial charge in [-0.3, -0.25) is 14.4 Å². The fraction of sp³-hybridized carbons (Fsp3) is 0.794. The van der Waals surface area contributed by atoms with Crippen LogP contribution >= 0.6 is 0 Å². The Morgan fingerprint density at radius 2 is 0.536 bits per heavy atom. The molecular weight excluding hydrogens is 853 g/mol. The third-order valence-electron chi connectivity index (χ3n) is 13.0. The number of hydrogen-bond donors (Lipinski definition) is 0. The third-order valence-corrected chi connectivity index (χ3v) is 13.0. The van der Waals surface area contributed by atoms with Crippen LogP contribution < -0.4 is 0 Å². The van der Waals surface area contributed by atoms with E-state index in [0.717, 1.165) is 96.3 Å². The average molecular weight is 966 g/mol. The van der Waals surface area contributed by atoms with Gasteiger partial charge >= 0.3 is 17.9 Å². The van der Waals surface area contributed by atoms with E-state index in [1.165, 1.54) is 167 Å². The Kier molecular flexibility index (Phi) is 55.3. The topological polar surface area (TPSA) is 78.9 Å². The molecule has 0 aliphatic heterocycles. The molecule has 0 amide bonds. The molecule has 0 saturated carbocycles. The summed E-state index contributed by atoms with van der Waals surface area (Å²) < 4.78 is 16.9. The van der Waals surface area contributed by atoms with Gasteiger partial charge in [0, 0.05) is 19.3 Å². The Balaban J connectivity index is 4.31. The highest BCUT2D eigenvalue weighted by Crippen LogP contribution is 2.15. The molecule has 400 valence electrons. The Hall–Kier alpha value is -2.89. The van der Waals surface area contributed by atoms with Crippen LogP contribution in [-0.4, -0.2) is 37.2 Å². The van der Waals surface area contributed by atoms with Crippen LogP contribution in [0.25, 0.3) is 0 Å². The second-order valence-electron chi connectivity index (χ2n) is 19.9. The van der Waals surface area contributed by atoms with Gasteiger partial charge in [0.25, 0.3) is 0 Å². The predicted molar refractivity (Wildman–Crippen MR) is 298 cm³/mol. The van der Waals surface area contributed by atoms with Crippen molar-refractivity contribution >= 4 is 17.9 Å². The smallest absolute Gasteiger partial charge is 0.306 e. The van der Waals surface area contributed by atoms with Gasteiger partial charge in [0.1, 0.15) is 13.2 Å². The molecule has 0 fully saturated rings. The molecule has 0 aromatic carbocycles. The molecule has 0 aliphatic rings. The zero-order valence-electron chi connectivity index (χ0n) is 45.8. The minimum atomic E-state index is -0.785. The molecular formula is C63H112O6. The Morgan fingerprint density at radius 1 is 0.290 bits per heavy atom. The molecule has 0 spiro atoms. The van der Waals surface area contributed by atoms with Crippen LogP contribution in [0.5, 0.6) is 0 Å². The van der Waals surface area contributed by atoms with Crippen LogP contribution in [-0.2, 0) is 28.6 Å². The Labute approximate surface area is 428 Å². The Morgan fingerprint density at radius 3 is 0.855 bits per heavy atom. The van der Waals surface area contributed by atoms with E-state index >= 15 is 0 Å². The first-order chi connectivity index (χ1) is 34.0. The molecule has 0 radical (unpaired) electrons. The Bertz CT molecular complexity index is 1250. The number of ether oxygens (including phenoxy) is 3. The van der Waals surface area contributed by atoms with Crippen molar-refractivity contribution in [2.24, 2.45) is 0 Å². The minimum absolute atomic E-state index is 0.0825. The highest BCUT2D eigenvalue weighted by Gasteiger charge is 2.19. The van der Waals surface area contributed by atoms with E-state index in [0.29, 0.717) is 19.3 Å². The molecule has 0 aliphatic carbocycles. The quantitative estimate of drug-likeness (QED) is 0.0262. The number of unbranched alkanes of at least 4 members (excludes halogenated alkanes) is 33. The molecule has 69 heavy (non-hydrogen) atoms. The maximum atomic E-state index is 12.8. The molecule has 6 heteroatoms. The molecule has 0 aromatic rings. The van der Waals surface area contributed by atoms with E-state index in [4.69, 9.17) is 14.2 Å². The van der Waals surface area contributed by atoms with Gasteiger partial charge in [0.2, 0.25) is 0 Å². The maximum absolute atomic E-state index is 12.8. The third kappa shape index (κ3) is 55.9. The van der Waals surface area contributed by atoms with Gasteiger partial charge in [0.15, 0.2) is 6.10 Å². The van der Waals surface area contributed by atoms with Crippen LogP contribution in [0, 0.1) is 0 Å². The van der Waals surface area contributed by atoms with E-state index in [9.17, 15) is 14.4 Å². The van der Waals surface area contributed by atoms with Crippen LogP contribution in [0.3, 0.4) is 0 Å². The van der Waals surface area contributed by atoms with Gasteiger partial charge in [0.05, 0.1) is 0 Å². The predicted octanol–water partition coefficient (Wildman–Crippen LogP) is 20.0. The lowest BCUT2D eigenvalue weighted by molar-refractivity contribution is -0.167. The van der Waals surface area contributed by atoms with E-state index in [2.05, 4.69) is 81.5 Å². The second-order valence-corrected chi connectivity index (χ2v) is 19.9. The van der Waals surface area contributed by atoms with Gasteiger partial charge < -0.3 is 14.2 Å². The van der Waals surface area contributed by atoms with Crippen molar-refractivity contribution in [3.8, 4) is 0 Å². The summed E-state index contributed by atoms with van der Waals surface area (Å²) in [6, 6.07) is 0. The summed E-state index contributed by atoms with van der Waals surface area (Å²) in [7, 11) is 0. The molecule has 1 atom stereocenters. The van der Waals surface area contributed by atoms with Crippen molar-refractivity contribution in [2.45, 2.75) is 309 Å². The summed E-state index contributed by atoms with van der Waals surface area (Å²) in [6.07, 6.45) is 72.1. The van der Waals surface area contributed by atoms with E-state index < -0.39 is 6.10 Å². The fourth-order valence-electron chi connectivity index (χ4n) is 8.43. The van der Waals surface area contributed by atoms with Crippen LogP contribution in [0.2, 0.25) is 0 Å². The number of carbonyl (C=O) groups excluding carboxylic acids is 3. The molecule has 0 aromatic heterocycles. The lowest BCUT2D eigenvalue weighted by Gasteiger charge is -2.18. The summed E-state index contributed by atoms with van der Waals surface area (Å²) >= 11 is 0. The first kappa shape index (κ1) is 66.1. The van der Waals surface area contributed by atoms with E-state index in [-0.39, 0.29) is 31.1 Å². The lowest BCUT2D eigenvalue weighted by Crippen LogP contribution is -2.30. The zero-order chi connectivity index (χ0) is 50.0. The van der Waals surface area contributed by atoms with Crippen molar-refractivity contribution in [1.82, 2.24) is 0 Å². The fourth-order valence-corrected chi connectivity index (χ4v) is 8.43. The van der Waals surface area contributed by atoms with Crippen LogP contribution in [0.4, 0.5) is 0 Å². The SMILES string of the molecule is CCCC/C=C\C/C=C\CCCCCCCC(=O)OC(COC(=O)CCCCCCC/C=C\CCCCCCC)COC(=O)CCCCCCCCCCCCC/C=C\C/C=C\CCCCCCC. The molecule has 0 rings (SSSR count). The van der Waals surface area contributed by atoms with Gasteiger partial charge in [-0.2, -0.15) is 0 Å². The number of rotatable bonds is 54. The van der Waals surface area contributed by atoms with Gasteiger partial charge in [-0.1, -0.05) is 242 Å². The average Bonchev–Trinajstić information content (AvgIpc) is 3.35. The summed E-state index contributed by atoms with van der Waals surface area (Å²) in [4.78, 5) is 38.2. The van der Waals surface area contributed by atoms with Crippen molar-refractivity contribution in [3.05, 3.63) is 60.8 Å². The van der Waals surface area contributed by atoms with E-state index in [1.54, 1.807) is 0 Å². The number of allylic oxidation sites excluding steroid dienone is 10.